The van der Waals surface area contributed by atoms with E-state index in [1.54, 1.807) is 43.5 Å². The lowest BCUT2D eigenvalue weighted by Crippen LogP contribution is -2.17. The molecule has 3 aromatic carbocycles. The van der Waals surface area contributed by atoms with Crippen LogP contribution in [0.15, 0.2) is 95.9 Å². The normalized spacial score (nSPS) is 10.6. The Morgan fingerprint density at radius 1 is 1.00 bits per heavy atom. The van der Waals surface area contributed by atoms with Gasteiger partial charge in [-0.3, -0.25) is 4.79 Å². The maximum atomic E-state index is 13.2. The Morgan fingerprint density at radius 2 is 1.76 bits per heavy atom. The van der Waals surface area contributed by atoms with E-state index in [4.69, 9.17) is 19.6 Å². The Labute approximate surface area is 234 Å². The number of pyridine rings is 1. The standard InChI is InChI=1S/C30H25N5O6/c1-2-39-29-27(23(31)15-26(35-29)33-19-10-8-18(9-11-19)25-16-32-17-40-25)28(37)34-20-12-13-22(24(36)14-20)30(38)41-21-6-4-3-5-7-21/h3-17,36H,2H2,1H3,(H,34,37)(H3,31,33,35). The molecule has 0 spiro atoms. The summed E-state index contributed by atoms with van der Waals surface area (Å²) in [7, 11) is 0. The summed E-state index contributed by atoms with van der Waals surface area (Å²) >= 11 is 0. The number of rotatable bonds is 9. The number of nitrogens with zero attached hydrogens (tertiary/aromatic N) is 2. The molecule has 5 aromatic rings. The monoisotopic (exact) mass is 551 g/mol. The smallest absolute Gasteiger partial charge is 0.347 e. The van der Waals surface area contributed by atoms with Crippen LogP contribution in [0.5, 0.6) is 17.4 Å². The second-order valence-corrected chi connectivity index (χ2v) is 8.67. The molecule has 0 radical (unpaired) electrons. The van der Waals surface area contributed by atoms with Gasteiger partial charge in [-0.05, 0) is 55.5 Å². The summed E-state index contributed by atoms with van der Waals surface area (Å²) in [6.45, 7) is 1.99. The fourth-order valence-electron chi connectivity index (χ4n) is 3.92. The van der Waals surface area contributed by atoms with E-state index in [9.17, 15) is 14.7 Å². The van der Waals surface area contributed by atoms with Crippen LogP contribution in [0.1, 0.15) is 27.6 Å². The number of phenols is 1. The van der Waals surface area contributed by atoms with Crippen molar-refractivity contribution in [2.75, 3.05) is 23.0 Å². The van der Waals surface area contributed by atoms with Gasteiger partial charge in [0.05, 0.1) is 18.5 Å². The topological polar surface area (TPSA) is 162 Å². The molecule has 2 heterocycles. The molecule has 5 N–H and O–H groups in total. The molecule has 0 unspecified atom stereocenters. The Bertz CT molecular complexity index is 1670. The predicted molar refractivity (Wildman–Crippen MR) is 153 cm³/mol. The van der Waals surface area contributed by atoms with Crippen LogP contribution in [-0.4, -0.2) is 33.6 Å². The molecule has 206 valence electrons. The highest BCUT2D eigenvalue weighted by Gasteiger charge is 2.21. The zero-order valence-electron chi connectivity index (χ0n) is 21.8. The second kappa shape index (κ2) is 11.9. The van der Waals surface area contributed by atoms with Gasteiger partial charge in [0, 0.05) is 29.1 Å². The van der Waals surface area contributed by atoms with Crippen molar-refractivity contribution in [1.82, 2.24) is 9.97 Å². The summed E-state index contributed by atoms with van der Waals surface area (Å²) in [4.78, 5) is 34.0. The van der Waals surface area contributed by atoms with Crippen LogP contribution >= 0.6 is 0 Å². The number of nitrogens with two attached hydrogens (primary N) is 1. The molecule has 1 amide bonds. The molecule has 0 aliphatic carbocycles. The number of hydrogen-bond acceptors (Lipinski definition) is 10. The third-order valence-corrected chi connectivity index (χ3v) is 5.83. The summed E-state index contributed by atoms with van der Waals surface area (Å²) in [6.07, 6.45) is 2.99. The fraction of sp³-hybridized carbons (Fsp3) is 0.0667. The van der Waals surface area contributed by atoms with E-state index < -0.39 is 11.9 Å². The first-order valence-electron chi connectivity index (χ1n) is 12.5. The third-order valence-electron chi connectivity index (χ3n) is 5.83. The predicted octanol–water partition coefficient (Wildman–Crippen LogP) is 5.64. The van der Waals surface area contributed by atoms with Crippen molar-refractivity contribution in [3.8, 4) is 28.7 Å². The zero-order chi connectivity index (χ0) is 28.8. The molecule has 11 nitrogen and oxygen atoms in total. The minimum absolute atomic E-state index is 0.0186. The van der Waals surface area contributed by atoms with Crippen LogP contribution in [0.4, 0.5) is 22.9 Å². The number of aromatic nitrogens is 2. The average molecular weight is 552 g/mol. The highest BCUT2D eigenvalue weighted by molar-refractivity contribution is 6.10. The van der Waals surface area contributed by atoms with Crippen molar-refractivity contribution in [3.63, 3.8) is 0 Å². The van der Waals surface area contributed by atoms with Gasteiger partial charge in [-0.1, -0.05) is 18.2 Å². The Morgan fingerprint density at radius 3 is 2.44 bits per heavy atom. The lowest BCUT2D eigenvalue weighted by molar-refractivity contribution is 0.0731. The molecule has 5 rings (SSSR count). The molecule has 0 saturated heterocycles. The summed E-state index contributed by atoms with van der Waals surface area (Å²) in [5, 5.41) is 16.2. The molecule has 0 saturated carbocycles. The van der Waals surface area contributed by atoms with Crippen molar-refractivity contribution < 1.29 is 28.6 Å². The van der Waals surface area contributed by atoms with Crippen molar-refractivity contribution >= 4 is 34.8 Å². The molecule has 41 heavy (non-hydrogen) atoms. The van der Waals surface area contributed by atoms with Crippen LogP contribution in [0.25, 0.3) is 11.3 Å². The van der Waals surface area contributed by atoms with Crippen molar-refractivity contribution in [1.29, 1.82) is 0 Å². The van der Waals surface area contributed by atoms with E-state index in [1.165, 1.54) is 30.7 Å². The zero-order valence-corrected chi connectivity index (χ0v) is 21.8. The summed E-state index contributed by atoms with van der Waals surface area (Å²) in [5.74, 6) is -0.347. The molecule has 0 fully saturated rings. The number of anilines is 4. The maximum Gasteiger partial charge on any atom is 0.347 e. The van der Waals surface area contributed by atoms with Gasteiger partial charge in [0.25, 0.3) is 5.91 Å². The number of para-hydroxylation sites is 1. The Hall–Kier alpha value is -5.84. The molecular formula is C30H25N5O6. The molecule has 0 aliphatic rings. The van der Waals surface area contributed by atoms with Crippen molar-refractivity contribution in [2.45, 2.75) is 6.92 Å². The summed E-state index contributed by atoms with van der Waals surface area (Å²) < 4.78 is 16.2. The van der Waals surface area contributed by atoms with Crippen LogP contribution in [0.3, 0.4) is 0 Å². The van der Waals surface area contributed by atoms with Gasteiger partial charge in [0.1, 0.15) is 28.4 Å². The number of phenolic OH excluding ortho intramolecular Hbond substituents is 1. The minimum atomic E-state index is -0.741. The fourth-order valence-corrected chi connectivity index (χ4v) is 3.92. The molecule has 0 bridgehead atoms. The number of hydrogen-bond donors (Lipinski definition) is 4. The van der Waals surface area contributed by atoms with E-state index >= 15 is 0 Å². The number of benzene rings is 3. The highest BCUT2D eigenvalue weighted by atomic mass is 16.5. The maximum absolute atomic E-state index is 13.2. The van der Waals surface area contributed by atoms with E-state index in [1.807, 2.05) is 24.3 Å². The number of nitrogens with one attached hydrogen (secondary N) is 2. The van der Waals surface area contributed by atoms with E-state index in [0.717, 1.165) is 11.3 Å². The van der Waals surface area contributed by atoms with Gasteiger partial charge >= 0.3 is 5.97 Å². The lowest BCUT2D eigenvalue weighted by atomic mass is 10.1. The first-order chi connectivity index (χ1) is 19.9. The highest BCUT2D eigenvalue weighted by Crippen LogP contribution is 2.30. The number of oxazole rings is 1. The van der Waals surface area contributed by atoms with Gasteiger partial charge < -0.3 is 35.4 Å². The molecule has 0 aliphatic heterocycles. The third kappa shape index (κ3) is 6.25. The molecule has 2 aromatic heterocycles. The number of nitrogen functional groups attached to an aromatic ring is 1. The molecule has 0 atom stereocenters. The number of amides is 1. The van der Waals surface area contributed by atoms with Crippen molar-refractivity contribution in [2.24, 2.45) is 0 Å². The van der Waals surface area contributed by atoms with Gasteiger partial charge in [0.2, 0.25) is 5.88 Å². The first kappa shape index (κ1) is 26.8. The van der Waals surface area contributed by atoms with Gasteiger partial charge in [-0.25, -0.2) is 9.78 Å². The van der Waals surface area contributed by atoms with E-state index in [2.05, 4.69) is 20.6 Å². The van der Waals surface area contributed by atoms with E-state index in [0.29, 0.717) is 17.3 Å². The van der Waals surface area contributed by atoms with Crippen LogP contribution in [-0.2, 0) is 0 Å². The number of aromatic hydroxyl groups is 1. The average Bonchev–Trinajstić information content (AvgIpc) is 3.49. The van der Waals surface area contributed by atoms with Gasteiger partial charge in [0.15, 0.2) is 12.2 Å². The SMILES string of the molecule is CCOc1nc(Nc2ccc(-c3cnco3)cc2)cc(N)c1C(=O)Nc1ccc(C(=O)Oc2ccccc2)c(O)c1. The van der Waals surface area contributed by atoms with Crippen LogP contribution in [0, 0.1) is 0 Å². The van der Waals surface area contributed by atoms with Crippen LogP contribution in [0.2, 0.25) is 0 Å². The van der Waals surface area contributed by atoms with Gasteiger partial charge in [-0.15, -0.1) is 0 Å². The van der Waals surface area contributed by atoms with Crippen molar-refractivity contribution in [3.05, 3.63) is 103 Å². The van der Waals surface area contributed by atoms with Gasteiger partial charge in [-0.2, -0.15) is 4.98 Å². The lowest BCUT2D eigenvalue weighted by Gasteiger charge is -2.15. The van der Waals surface area contributed by atoms with Crippen LogP contribution < -0.4 is 25.8 Å². The Balaban J connectivity index is 1.31. The Kier molecular flexibility index (Phi) is 7.77. The minimum Gasteiger partial charge on any atom is -0.507 e. The number of esters is 1. The van der Waals surface area contributed by atoms with E-state index in [-0.39, 0.29) is 40.7 Å². The quantitative estimate of drug-likeness (QED) is 0.133. The summed E-state index contributed by atoms with van der Waals surface area (Å²) in [5.41, 5.74) is 8.14. The summed E-state index contributed by atoms with van der Waals surface area (Å²) in [6, 6.07) is 21.4. The first-order valence-corrected chi connectivity index (χ1v) is 12.5. The number of carbonyl (C=O) groups excluding carboxylic acids is 2. The second-order valence-electron chi connectivity index (χ2n) is 8.67. The molecular weight excluding hydrogens is 526 g/mol. The largest absolute Gasteiger partial charge is 0.507 e. The molecule has 11 heteroatoms. The number of ether oxygens (including phenoxy) is 2. The number of carbonyl (C=O) groups is 2.